The highest BCUT2D eigenvalue weighted by atomic mass is 16.2. The second-order valence-electron chi connectivity index (χ2n) is 5.80. The van der Waals surface area contributed by atoms with Crippen LogP contribution in [0.5, 0.6) is 0 Å². The summed E-state index contributed by atoms with van der Waals surface area (Å²) in [6, 6.07) is 7.73. The monoisotopic (exact) mass is 273 g/mol. The van der Waals surface area contributed by atoms with E-state index >= 15 is 0 Å². The second kappa shape index (κ2) is 4.51. The van der Waals surface area contributed by atoms with Gasteiger partial charge in [-0.15, -0.1) is 0 Å². The number of anilines is 2. The molecule has 1 saturated carbocycles. The van der Waals surface area contributed by atoms with Crippen molar-refractivity contribution in [2.75, 3.05) is 16.9 Å². The third-order valence-corrected chi connectivity index (χ3v) is 3.88. The lowest BCUT2D eigenvalue weighted by molar-refractivity contribution is -0.135. The molecule has 1 aliphatic heterocycles. The van der Waals surface area contributed by atoms with Gasteiger partial charge in [0.25, 0.3) is 0 Å². The molecule has 1 fully saturated rings. The van der Waals surface area contributed by atoms with E-state index in [0.29, 0.717) is 19.5 Å². The highest BCUT2D eigenvalue weighted by Crippen LogP contribution is 2.49. The zero-order valence-corrected chi connectivity index (χ0v) is 11.8. The molecule has 0 atom stereocenters. The number of carbonyl (C=O) groups is 2. The van der Waals surface area contributed by atoms with Crippen LogP contribution in [0.4, 0.5) is 11.4 Å². The molecule has 20 heavy (non-hydrogen) atoms. The molecule has 0 spiro atoms. The van der Waals surface area contributed by atoms with E-state index in [4.69, 9.17) is 0 Å². The molecular weight excluding hydrogens is 254 g/mol. The molecule has 1 aromatic rings. The first-order valence-electron chi connectivity index (χ1n) is 7.00. The summed E-state index contributed by atoms with van der Waals surface area (Å²) >= 11 is 0. The van der Waals surface area contributed by atoms with Gasteiger partial charge in [-0.25, -0.2) is 0 Å². The van der Waals surface area contributed by atoms with Gasteiger partial charge in [-0.05, 0) is 38.8 Å². The van der Waals surface area contributed by atoms with Crippen molar-refractivity contribution in [2.45, 2.75) is 32.7 Å². The van der Waals surface area contributed by atoms with Gasteiger partial charge in [-0.3, -0.25) is 14.5 Å². The number of carbonyl (C=O) groups excluding carboxylic acids is 2. The highest BCUT2D eigenvalue weighted by Gasteiger charge is 2.58. The van der Waals surface area contributed by atoms with Crippen LogP contribution in [0.1, 0.15) is 26.7 Å². The first-order chi connectivity index (χ1) is 9.54. The van der Waals surface area contributed by atoms with Gasteiger partial charge in [0.05, 0.1) is 18.0 Å². The summed E-state index contributed by atoms with van der Waals surface area (Å²) in [5.74, 6) is -0.227. The van der Waals surface area contributed by atoms with E-state index in [1.165, 1.54) is 0 Å². The van der Waals surface area contributed by atoms with Crippen molar-refractivity contribution in [3.8, 4) is 0 Å². The van der Waals surface area contributed by atoms with Crippen molar-refractivity contribution >= 4 is 23.2 Å². The largest absolute Gasteiger partial charge is 0.366 e. The van der Waals surface area contributed by atoms with E-state index in [1.54, 1.807) is 4.90 Å². The Morgan fingerprint density at radius 1 is 1.30 bits per heavy atom. The minimum Gasteiger partial charge on any atom is -0.366 e. The standard InChI is InChI=1S/C15H19N3O2/c1-10(2)17-13(19)15(7-8-15)14(20)18-9-16-11-5-3-4-6-12(11)18/h3-6,10,16H,7-9H2,1-2H3,(H,17,19). The minimum absolute atomic E-state index is 0.0526. The number of hydrogen-bond donors (Lipinski definition) is 2. The molecule has 1 aromatic carbocycles. The summed E-state index contributed by atoms with van der Waals surface area (Å²) in [7, 11) is 0. The molecule has 1 aliphatic carbocycles. The first-order valence-corrected chi connectivity index (χ1v) is 7.00. The summed E-state index contributed by atoms with van der Waals surface area (Å²) in [6.45, 7) is 4.26. The van der Waals surface area contributed by atoms with Gasteiger partial charge in [0.15, 0.2) is 0 Å². The van der Waals surface area contributed by atoms with Gasteiger partial charge in [0, 0.05) is 6.04 Å². The van der Waals surface area contributed by atoms with E-state index in [-0.39, 0.29) is 17.9 Å². The molecule has 0 aromatic heterocycles. The molecule has 0 saturated heterocycles. The van der Waals surface area contributed by atoms with Crippen LogP contribution in [-0.4, -0.2) is 24.5 Å². The third kappa shape index (κ3) is 1.94. The normalized spacial score (nSPS) is 18.4. The smallest absolute Gasteiger partial charge is 0.244 e. The van der Waals surface area contributed by atoms with E-state index < -0.39 is 5.41 Å². The number of amides is 2. The van der Waals surface area contributed by atoms with Crippen LogP contribution in [0.25, 0.3) is 0 Å². The van der Waals surface area contributed by atoms with Gasteiger partial charge in [-0.2, -0.15) is 0 Å². The summed E-state index contributed by atoms with van der Waals surface area (Å²) < 4.78 is 0. The first kappa shape index (κ1) is 13.0. The number of fused-ring (bicyclic) bond motifs is 1. The average molecular weight is 273 g/mol. The van der Waals surface area contributed by atoms with Gasteiger partial charge >= 0.3 is 0 Å². The highest BCUT2D eigenvalue weighted by molar-refractivity contribution is 6.15. The molecular formula is C15H19N3O2. The van der Waals surface area contributed by atoms with Crippen LogP contribution in [0.3, 0.4) is 0 Å². The van der Waals surface area contributed by atoms with Crippen molar-refractivity contribution in [3.05, 3.63) is 24.3 Å². The third-order valence-electron chi connectivity index (χ3n) is 3.88. The lowest BCUT2D eigenvalue weighted by Gasteiger charge is -2.23. The summed E-state index contributed by atoms with van der Waals surface area (Å²) in [4.78, 5) is 26.7. The lowest BCUT2D eigenvalue weighted by atomic mass is 10.0. The molecule has 0 bridgehead atoms. The van der Waals surface area contributed by atoms with Crippen LogP contribution < -0.4 is 15.5 Å². The maximum atomic E-state index is 12.7. The van der Waals surface area contributed by atoms with Crippen molar-refractivity contribution in [1.82, 2.24) is 5.32 Å². The van der Waals surface area contributed by atoms with Gasteiger partial charge in [-0.1, -0.05) is 12.1 Å². The molecule has 106 valence electrons. The molecule has 5 heteroatoms. The second-order valence-corrected chi connectivity index (χ2v) is 5.80. The fourth-order valence-electron chi connectivity index (χ4n) is 2.61. The van der Waals surface area contributed by atoms with Crippen molar-refractivity contribution in [1.29, 1.82) is 0 Å². The molecule has 2 amide bonds. The van der Waals surface area contributed by atoms with Gasteiger partial charge in [0.1, 0.15) is 5.41 Å². The maximum Gasteiger partial charge on any atom is 0.244 e. The molecule has 0 unspecified atom stereocenters. The molecule has 5 nitrogen and oxygen atoms in total. The zero-order chi connectivity index (χ0) is 14.3. The number of benzene rings is 1. The zero-order valence-electron chi connectivity index (χ0n) is 11.8. The number of hydrogen-bond acceptors (Lipinski definition) is 3. The fourth-order valence-corrected chi connectivity index (χ4v) is 2.61. The summed E-state index contributed by atoms with van der Waals surface area (Å²) in [6.07, 6.45) is 1.28. The number of nitrogens with one attached hydrogen (secondary N) is 2. The van der Waals surface area contributed by atoms with Crippen LogP contribution in [-0.2, 0) is 9.59 Å². The van der Waals surface area contributed by atoms with E-state index in [2.05, 4.69) is 10.6 Å². The van der Waals surface area contributed by atoms with Crippen molar-refractivity contribution < 1.29 is 9.59 Å². The van der Waals surface area contributed by atoms with Crippen LogP contribution in [0.2, 0.25) is 0 Å². The lowest BCUT2D eigenvalue weighted by Crippen LogP contribution is -2.47. The van der Waals surface area contributed by atoms with Crippen LogP contribution in [0.15, 0.2) is 24.3 Å². The Morgan fingerprint density at radius 3 is 2.65 bits per heavy atom. The van der Waals surface area contributed by atoms with Gasteiger partial charge < -0.3 is 10.6 Å². The average Bonchev–Trinajstić information content (AvgIpc) is 3.12. The van der Waals surface area contributed by atoms with Crippen molar-refractivity contribution in [3.63, 3.8) is 0 Å². The summed E-state index contributed by atoms with van der Waals surface area (Å²) in [5, 5.41) is 6.05. The Morgan fingerprint density at radius 2 is 2.00 bits per heavy atom. The predicted octanol–water partition coefficient (Wildman–Crippen LogP) is 1.71. The fraction of sp³-hybridized carbons (Fsp3) is 0.467. The SMILES string of the molecule is CC(C)NC(=O)C1(C(=O)N2CNc3ccccc32)CC1. The quantitative estimate of drug-likeness (QED) is 0.824. The Balaban J connectivity index is 1.82. The van der Waals surface area contributed by atoms with Crippen molar-refractivity contribution in [2.24, 2.45) is 5.41 Å². The molecule has 0 radical (unpaired) electrons. The Hall–Kier alpha value is -2.04. The Kier molecular flexibility index (Phi) is 2.92. The van der Waals surface area contributed by atoms with Gasteiger partial charge in [0.2, 0.25) is 11.8 Å². The Labute approximate surface area is 118 Å². The molecule has 2 aliphatic rings. The number of rotatable bonds is 3. The van der Waals surface area contributed by atoms with E-state index in [1.807, 2.05) is 38.1 Å². The number of nitrogens with zero attached hydrogens (tertiary/aromatic N) is 1. The Bertz CT molecular complexity index is 564. The minimum atomic E-state index is -0.844. The van der Waals surface area contributed by atoms with E-state index in [0.717, 1.165) is 11.4 Å². The van der Waals surface area contributed by atoms with E-state index in [9.17, 15) is 9.59 Å². The van der Waals surface area contributed by atoms with Crippen LogP contribution in [0, 0.1) is 5.41 Å². The molecule has 1 heterocycles. The van der Waals surface area contributed by atoms with Crippen LogP contribution >= 0.6 is 0 Å². The topological polar surface area (TPSA) is 61.4 Å². The molecule has 3 rings (SSSR count). The molecule has 2 N–H and O–H groups in total. The summed E-state index contributed by atoms with van der Waals surface area (Å²) in [5.41, 5.74) is 0.964. The predicted molar refractivity (Wildman–Crippen MR) is 77.4 cm³/mol. The maximum absolute atomic E-state index is 12.7. The number of para-hydroxylation sites is 2.